The van der Waals surface area contributed by atoms with Crippen LogP contribution in [0.3, 0.4) is 0 Å². The molecule has 0 N–H and O–H groups in total. The van der Waals surface area contributed by atoms with Crippen molar-refractivity contribution < 1.29 is 4.74 Å². The Balaban J connectivity index is 1.76. The van der Waals surface area contributed by atoms with E-state index in [1.807, 2.05) is 12.3 Å². The molecule has 1 nitrogen and oxygen atoms in total. The van der Waals surface area contributed by atoms with Crippen LogP contribution in [0.2, 0.25) is 0 Å². The molecule has 0 heterocycles. The SMILES string of the molecule is CCCCCCCCCCCCCCC=COCc1ccccc1. The molecule has 0 spiro atoms. The van der Waals surface area contributed by atoms with Crippen molar-refractivity contribution in [1.82, 2.24) is 0 Å². The minimum absolute atomic E-state index is 0.676. The smallest absolute Gasteiger partial charge is 0.112 e. The Morgan fingerprint density at radius 1 is 0.708 bits per heavy atom. The van der Waals surface area contributed by atoms with Gasteiger partial charge in [0.15, 0.2) is 0 Å². The second kappa shape index (κ2) is 16.6. The van der Waals surface area contributed by atoms with Crippen molar-refractivity contribution >= 4 is 0 Å². The molecule has 0 saturated heterocycles. The van der Waals surface area contributed by atoms with E-state index in [1.165, 1.54) is 82.6 Å². The van der Waals surface area contributed by atoms with Crippen LogP contribution in [0.5, 0.6) is 0 Å². The van der Waals surface area contributed by atoms with E-state index >= 15 is 0 Å². The molecule has 136 valence electrons. The molecule has 0 bridgehead atoms. The fourth-order valence-corrected chi connectivity index (χ4v) is 2.96. The fourth-order valence-electron chi connectivity index (χ4n) is 2.96. The molecule has 1 aromatic carbocycles. The Morgan fingerprint density at radius 2 is 1.25 bits per heavy atom. The first-order chi connectivity index (χ1) is 11.9. The van der Waals surface area contributed by atoms with E-state index in [2.05, 4.69) is 37.3 Å². The van der Waals surface area contributed by atoms with Gasteiger partial charge in [-0.1, -0.05) is 108 Å². The van der Waals surface area contributed by atoms with Crippen LogP contribution in [0.15, 0.2) is 42.7 Å². The standard InChI is InChI=1S/C23H38O/c1-2-3-4-5-6-7-8-9-10-11-12-13-14-18-21-24-22-23-19-16-15-17-20-23/h15-21H,2-14,22H2,1H3. The van der Waals surface area contributed by atoms with Crippen molar-refractivity contribution in [2.75, 3.05) is 0 Å². The zero-order valence-corrected chi connectivity index (χ0v) is 15.8. The van der Waals surface area contributed by atoms with Gasteiger partial charge in [-0.3, -0.25) is 0 Å². The van der Waals surface area contributed by atoms with Crippen LogP contribution in [-0.4, -0.2) is 0 Å². The molecule has 0 aliphatic rings. The van der Waals surface area contributed by atoms with E-state index < -0.39 is 0 Å². The van der Waals surface area contributed by atoms with Gasteiger partial charge in [-0.2, -0.15) is 0 Å². The van der Waals surface area contributed by atoms with Crippen LogP contribution in [0.4, 0.5) is 0 Å². The summed E-state index contributed by atoms with van der Waals surface area (Å²) in [5.41, 5.74) is 1.23. The Morgan fingerprint density at radius 3 is 1.83 bits per heavy atom. The molecule has 0 amide bonds. The summed E-state index contributed by atoms with van der Waals surface area (Å²) in [6, 6.07) is 10.3. The highest BCUT2D eigenvalue weighted by molar-refractivity contribution is 5.13. The van der Waals surface area contributed by atoms with E-state index in [1.54, 1.807) is 0 Å². The van der Waals surface area contributed by atoms with E-state index in [4.69, 9.17) is 4.74 Å². The minimum Gasteiger partial charge on any atom is -0.497 e. The van der Waals surface area contributed by atoms with Crippen LogP contribution >= 0.6 is 0 Å². The van der Waals surface area contributed by atoms with Gasteiger partial charge in [-0.15, -0.1) is 0 Å². The fraction of sp³-hybridized carbons (Fsp3) is 0.652. The molecule has 0 aliphatic heterocycles. The molecule has 0 fully saturated rings. The molecule has 1 rings (SSSR count). The number of allylic oxidation sites excluding steroid dienone is 1. The molecule has 24 heavy (non-hydrogen) atoms. The maximum absolute atomic E-state index is 5.55. The van der Waals surface area contributed by atoms with Gasteiger partial charge in [0.1, 0.15) is 6.61 Å². The van der Waals surface area contributed by atoms with Crippen molar-refractivity contribution in [3.63, 3.8) is 0 Å². The highest BCUT2D eigenvalue weighted by Crippen LogP contribution is 2.12. The number of unbranched alkanes of at least 4 members (excludes halogenated alkanes) is 12. The summed E-state index contributed by atoms with van der Waals surface area (Å²) in [4.78, 5) is 0. The Hall–Kier alpha value is -1.24. The number of ether oxygens (including phenoxy) is 1. The number of hydrogen-bond acceptors (Lipinski definition) is 1. The number of benzene rings is 1. The lowest BCUT2D eigenvalue weighted by Crippen LogP contribution is -1.85. The molecular formula is C23H38O. The highest BCUT2D eigenvalue weighted by atomic mass is 16.5. The van der Waals surface area contributed by atoms with Crippen molar-refractivity contribution in [1.29, 1.82) is 0 Å². The Kier molecular flexibility index (Phi) is 14.4. The van der Waals surface area contributed by atoms with Gasteiger partial charge < -0.3 is 4.74 Å². The van der Waals surface area contributed by atoms with Crippen LogP contribution in [-0.2, 0) is 11.3 Å². The summed E-state index contributed by atoms with van der Waals surface area (Å²) < 4.78 is 5.55. The van der Waals surface area contributed by atoms with Crippen molar-refractivity contribution in [3.8, 4) is 0 Å². The molecule has 0 atom stereocenters. The zero-order chi connectivity index (χ0) is 17.1. The topological polar surface area (TPSA) is 9.23 Å². The quantitative estimate of drug-likeness (QED) is 0.222. The molecular weight excluding hydrogens is 292 g/mol. The zero-order valence-electron chi connectivity index (χ0n) is 15.8. The van der Waals surface area contributed by atoms with Gasteiger partial charge in [-0.05, 0) is 24.5 Å². The predicted octanol–water partition coefficient (Wildman–Crippen LogP) is 7.81. The average Bonchev–Trinajstić information content (AvgIpc) is 2.62. The van der Waals surface area contributed by atoms with Crippen molar-refractivity contribution in [3.05, 3.63) is 48.2 Å². The first-order valence-electron chi connectivity index (χ1n) is 10.2. The van der Waals surface area contributed by atoms with Gasteiger partial charge >= 0.3 is 0 Å². The minimum atomic E-state index is 0.676. The third-order valence-electron chi connectivity index (χ3n) is 4.51. The van der Waals surface area contributed by atoms with Crippen LogP contribution in [0.25, 0.3) is 0 Å². The highest BCUT2D eigenvalue weighted by Gasteiger charge is 1.93. The van der Waals surface area contributed by atoms with Crippen LogP contribution < -0.4 is 0 Å². The summed E-state index contributed by atoms with van der Waals surface area (Å²) in [6.07, 6.45) is 22.1. The first kappa shape index (κ1) is 20.8. The monoisotopic (exact) mass is 330 g/mol. The van der Waals surface area contributed by atoms with Crippen LogP contribution in [0, 0.1) is 0 Å². The molecule has 0 radical (unpaired) electrons. The van der Waals surface area contributed by atoms with Gasteiger partial charge in [-0.25, -0.2) is 0 Å². The summed E-state index contributed by atoms with van der Waals surface area (Å²) in [6.45, 7) is 2.96. The van der Waals surface area contributed by atoms with Crippen molar-refractivity contribution in [2.45, 2.75) is 97.0 Å². The van der Waals surface area contributed by atoms with E-state index in [0.29, 0.717) is 6.61 Å². The number of rotatable bonds is 16. The molecule has 0 unspecified atom stereocenters. The largest absolute Gasteiger partial charge is 0.497 e. The Labute approximate surface area is 150 Å². The predicted molar refractivity (Wildman–Crippen MR) is 106 cm³/mol. The molecule has 1 heteroatoms. The maximum atomic E-state index is 5.55. The molecule has 1 aromatic rings. The lowest BCUT2D eigenvalue weighted by molar-refractivity contribution is 0.235. The summed E-state index contributed by atoms with van der Waals surface area (Å²) in [5, 5.41) is 0. The molecule has 0 saturated carbocycles. The maximum Gasteiger partial charge on any atom is 0.112 e. The van der Waals surface area contributed by atoms with Gasteiger partial charge in [0.2, 0.25) is 0 Å². The van der Waals surface area contributed by atoms with Gasteiger partial charge in [0, 0.05) is 0 Å². The normalized spacial score (nSPS) is 11.2. The molecule has 0 aromatic heterocycles. The van der Waals surface area contributed by atoms with Gasteiger partial charge in [0.25, 0.3) is 0 Å². The van der Waals surface area contributed by atoms with E-state index in [9.17, 15) is 0 Å². The second-order valence-electron chi connectivity index (χ2n) is 6.85. The van der Waals surface area contributed by atoms with Crippen molar-refractivity contribution in [2.24, 2.45) is 0 Å². The second-order valence-corrected chi connectivity index (χ2v) is 6.85. The third kappa shape index (κ3) is 13.2. The van der Waals surface area contributed by atoms with E-state index in [-0.39, 0.29) is 0 Å². The third-order valence-corrected chi connectivity index (χ3v) is 4.51. The van der Waals surface area contributed by atoms with Crippen LogP contribution in [0.1, 0.15) is 96.0 Å². The first-order valence-corrected chi connectivity index (χ1v) is 10.2. The summed E-state index contributed by atoms with van der Waals surface area (Å²) >= 11 is 0. The Bertz CT molecular complexity index is 382. The number of hydrogen-bond donors (Lipinski definition) is 0. The average molecular weight is 331 g/mol. The lowest BCUT2D eigenvalue weighted by atomic mass is 10.0. The summed E-state index contributed by atoms with van der Waals surface area (Å²) in [5.74, 6) is 0. The summed E-state index contributed by atoms with van der Waals surface area (Å²) in [7, 11) is 0. The van der Waals surface area contributed by atoms with Gasteiger partial charge in [0.05, 0.1) is 6.26 Å². The lowest BCUT2D eigenvalue weighted by Gasteiger charge is -2.02. The van der Waals surface area contributed by atoms with E-state index in [0.717, 1.165) is 6.42 Å². The molecule has 0 aliphatic carbocycles.